The summed E-state index contributed by atoms with van der Waals surface area (Å²) in [5.74, 6) is 0.532. The third kappa shape index (κ3) is 6.48. The lowest BCUT2D eigenvalue weighted by molar-refractivity contribution is -0.133. The summed E-state index contributed by atoms with van der Waals surface area (Å²) in [4.78, 5) is 33.3. The lowest BCUT2D eigenvalue weighted by Crippen LogP contribution is -2.38. The predicted molar refractivity (Wildman–Crippen MR) is 135 cm³/mol. The molecule has 2 N–H and O–H groups in total. The minimum atomic E-state index is -0.517. The first-order chi connectivity index (χ1) is 17.4. The van der Waals surface area contributed by atoms with Crippen molar-refractivity contribution in [1.82, 2.24) is 9.88 Å². The molecule has 0 aliphatic carbocycles. The number of anilines is 1. The van der Waals surface area contributed by atoms with E-state index in [4.69, 9.17) is 20.2 Å². The zero-order valence-corrected chi connectivity index (χ0v) is 20.4. The molecule has 3 aromatic rings. The van der Waals surface area contributed by atoms with Gasteiger partial charge >= 0.3 is 0 Å². The van der Waals surface area contributed by atoms with Gasteiger partial charge in [0.1, 0.15) is 17.4 Å². The van der Waals surface area contributed by atoms with E-state index in [2.05, 4.69) is 11.0 Å². The van der Waals surface area contributed by atoms with Crippen LogP contribution in [0.1, 0.15) is 24.0 Å². The van der Waals surface area contributed by atoms with Gasteiger partial charge in [-0.1, -0.05) is 12.1 Å². The number of nitrogens with two attached hydrogens (primary N) is 1. The summed E-state index contributed by atoms with van der Waals surface area (Å²) in [6, 6.07) is 14.0. The van der Waals surface area contributed by atoms with Gasteiger partial charge in [-0.05, 0) is 42.3 Å². The molecule has 8 nitrogen and oxygen atoms in total. The van der Waals surface area contributed by atoms with E-state index in [0.29, 0.717) is 45.8 Å². The van der Waals surface area contributed by atoms with Crippen molar-refractivity contribution in [3.63, 3.8) is 0 Å². The first-order valence-corrected chi connectivity index (χ1v) is 12.0. The minimum Gasteiger partial charge on any atom is -0.497 e. The molecule has 2 aromatic carbocycles. The van der Waals surface area contributed by atoms with E-state index in [1.165, 1.54) is 12.1 Å². The molecule has 1 saturated heterocycles. The summed E-state index contributed by atoms with van der Waals surface area (Å²) in [6.07, 6.45) is 0.565. The van der Waals surface area contributed by atoms with E-state index < -0.39 is 5.91 Å². The topological polar surface area (TPSA) is 98.0 Å². The van der Waals surface area contributed by atoms with Crippen LogP contribution in [0.2, 0.25) is 0 Å². The number of nitrogens with zero attached hydrogens (tertiary/aromatic N) is 3. The van der Waals surface area contributed by atoms with Gasteiger partial charge in [-0.3, -0.25) is 9.59 Å². The van der Waals surface area contributed by atoms with Crippen molar-refractivity contribution in [2.24, 2.45) is 5.73 Å². The highest BCUT2D eigenvalue weighted by atomic mass is 19.1. The van der Waals surface area contributed by atoms with Gasteiger partial charge in [-0.15, -0.1) is 0 Å². The van der Waals surface area contributed by atoms with Gasteiger partial charge in [0, 0.05) is 56.0 Å². The standard InChI is InChI=1S/C27H31FN4O4/c1-35-23-7-4-20-16-21(27(30-24(20)17-23)31-12-14-36-15-13-31)18-32(26(34)9-8-25(29)33)11-10-19-2-5-22(28)6-3-19/h2-7,16-17H,8-15,18H2,1H3,(H2,29,33). The van der Waals surface area contributed by atoms with Gasteiger partial charge in [0.25, 0.3) is 0 Å². The van der Waals surface area contributed by atoms with E-state index >= 15 is 0 Å². The van der Waals surface area contributed by atoms with Gasteiger partial charge < -0.3 is 25.0 Å². The van der Waals surface area contributed by atoms with Gasteiger partial charge in [0.05, 0.1) is 25.8 Å². The maximum atomic E-state index is 13.3. The van der Waals surface area contributed by atoms with E-state index in [1.807, 2.05) is 18.2 Å². The fourth-order valence-electron chi connectivity index (χ4n) is 4.27. The third-order valence-electron chi connectivity index (χ3n) is 6.27. The monoisotopic (exact) mass is 494 g/mol. The van der Waals surface area contributed by atoms with Crippen LogP contribution in [0.25, 0.3) is 10.9 Å². The van der Waals surface area contributed by atoms with Crippen LogP contribution in [0.15, 0.2) is 48.5 Å². The number of ether oxygens (including phenoxy) is 2. The molecule has 4 rings (SSSR count). The van der Waals surface area contributed by atoms with Gasteiger partial charge in [-0.25, -0.2) is 9.37 Å². The molecule has 1 fully saturated rings. The van der Waals surface area contributed by atoms with Crippen molar-refractivity contribution in [1.29, 1.82) is 0 Å². The Kier molecular flexibility index (Phi) is 8.32. The third-order valence-corrected chi connectivity index (χ3v) is 6.27. The summed E-state index contributed by atoms with van der Waals surface area (Å²) in [5.41, 5.74) is 7.92. The molecule has 0 saturated carbocycles. The van der Waals surface area contributed by atoms with Crippen LogP contribution >= 0.6 is 0 Å². The number of rotatable bonds is 10. The molecule has 0 spiro atoms. The molecule has 36 heavy (non-hydrogen) atoms. The van der Waals surface area contributed by atoms with Crippen molar-refractivity contribution >= 4 is 28.5 Å². The van der Waals surface area contributed by atoms with Crippen LogP contribution in [0, 0.1) is 5.82 Å². The normalized spacial score (nSPS) is 13.6. The van der Waals surface area contributed by atoms with Crippen molar-refractivity contribution in [2.45, 2.75) is 25.8 Å². The smallest absolute Gasteiger partial charge is 0.223 e. The maximum Gasteiger partial charge on any atom is 0.223 e. The molecule has 0 bridgehead atoms. The number of halogens is 1. The number of aromatic nitrogens is 1. The molecule has 190 valence electrons. The van der Waals surface area contributed by atoms with E-state index in [1.54, 1.807) is 24.1 Å². The Labute approximate surface area is 209 Å². The second-order valence-electron chi connectivity index (χ2n) is 8.79. The Hall–Kier alpha value is -3.72. The number of carbonyl (C=O) groups excluding carboxylic acids is 2. The Balaban J connectivity index is 1.65. The molecule has 2 amide bonds. The molecular formula is C27H31FN4O4. The van der Waals surface area contributed by atoms with Crippen LogP contribution in [0.5, 0.6) is 5.75 Å². The minimum absolute atomic E-state index is 0.0159. The number of amides is 2. The fraction of sp³-hybridized carbons (Fsp3) is 0.370. The van der Waals surface area contributed by atoms with Crippen LogP contribution in [0.4, 0.5) is 10.2 Å². The number of hydrogen-bond donors (Lipinski definition) is 1. The molecular weight excluding hydrogens is 463 g/mol. The first-order valence-electron chi connectivity index (χ1n) is 12.0. The highest BCUT2D eigenvalue weighted by Crippen LogP contribution is 2.28. The number of hydrogen-bond acceptors (Lipinski definition) is 6. The summed E-state index contributed by atoms with van der Waals surface area (Å²) >= 11 is 0. The number of pyridine rings is 1. The van der Waals surface area contributed by atoms with E-state index in [-0.39, 0.29) is 24.6 Å². The SMILES string of the molecule is COc1ccc2cc(CN(CCc3ccc(F)cc3)C(=O)CCC(N)=O)c(N3CCOCC3)nc2c1. The summed E-state index contributed by atoms with van der Waals surface area (Å²) in [7, 11) is 1.62. The molecule has 0 radical (unpaired) electrons. The van der Waals surface area contributed by atoms with Gasteiger partial charge in [-0.2, -0.15) is 0 Å². The summed E-state index contributed by atoms with van der Waals surface area (Å²) < 4.78 is 24.2. The quantitative estimate of drug-likeness (QED) is 0.465. The Bertz CT molecular complexity index is 1210. The van der Waals surface area contributed by atoms with Gasteiger partial charge in [0.2, 0.25) is 11.8 Å². The molecule has 0 atom stereocenters. The number of morpholine rings is 1. The van der Waals surface area contributed by atoms with Crippen LogP contribution in [-0.2, 0) is 27.3 Å². The second kappa shape index (κ2) is 11.8. The Morgan fingerprint density at radius 1 is 1.11 bits per heavy atom. The van der Waals surface area contributed by atoms with Crippen molar-refractivity contribution in [3.8, 4) is 5.75 Å². The number of fused-ring (bicyclic) bond motifs is 1. The zero-order chi connectivity index (χ0) is 25.5. The number of methoxy groups -OCH3 is 1. The fourth-order valence-corrected chi connectivity index (χ4v) is 4.27. The highest BCUT2D eigenvalue weighted by molar-refractivity contribution is 5.85. The number of carbonyl (C=O) groups is 2. The Morgan fingerprint density at radius 3 is 2.56 bits per heavy atom. The number of primary amides is 1. The Morgan fingerprint density at radius 2 is 1.86 bits per heavy atom. The average molecular weight is 495 g/mol. The van der Waals surface area contributed by atoms with Crippen LogP contribution in [0.3, 0.4) is 0 Å². The van der Waals surface area contributed by atoms with Crippen molar-refractivity contribution in [3.05, 3.63) is 65.5 Å². The zero-order valence-electron chi connectivity index (χ0n) is 20.4. The van der Waals surface area contributed by atoms with Crippen LogP contribution < -0.4 is 15.4 Å². The molecule has 1 aliphatic heterocycles. The van der Waals surface area contributed by atoms with Gasteiger partial charge in [0.15, 0.2) is 0 Å². The summed E-state index contributed by atoms with van der Waals surface area (Å²) in [5, 5.41) is 0.936. The average Bonchev–Trinajstić information content (AvgIpc) is 2.90. The second-order valence-corrected chi connectivity index (χ2v) is 8.79. The van der Waals surface area contributed by atoms with E-state index in [0.717, 1.165) is 33.6 Å². The summed E-state index contributed by atoms with van der Waals surface area (Å²) in [6.45, 7) is 3.32. The molecule has 2 heterocycles. The molecule has 1 aliphatic rings. The highest BCUT2D eigenvalue weighted by Gasteiger charge is 2.22. The molecule has 1 aromatic heterocycles. The van der Waals surface area contributed by atoms with Crippen molar-refractivity contribution in [2.75, 3.05) is 44.9 Å². The largest absolute Gasteiger partial charge is 0.497 e. The first kappa shape index (κ1) is 25.4. The lowest BCUT2D eigenvalue weighted by atomic mass is 10.1. The maximum absolute atomic E-state index is 13.3. The van der Waals surface area contributed by atoms with Crippen molar-refractivity contribution < 1.29 is 23.5 Å². The molecule has 0 unspecified atom stereocenters. The number of benzene rings is 2. The predicted octanol–water partition coefficient (Wildman–Crippen LogP) is 3.06. The lowest BCUT2D eigenvalue weighted by Gasteiger charge is -2.31. The molecule has 9 heteroatoms. The van der Waals surface area contributed by atoms with E-state index in [9.17, 15) is 14.0 Å². The van der Waals surface area contributed by atoms with Crippen LogP contribution in [-0.4, -0.2) is 61.7 Å².